The van der Waals surface area contributed by atoms with Gasteiger partial charge in [0.2, 0.25) is 5.91 Å². The standard InChI is InChI=1S/C18H28N4O2/c1-14-12-20-17(13-19-14)15(2)21-7-4-18(5-10-24-11-6-18)22(9-8-21)16(3)23/h12-13,15H,4-11H2,1-3H3. The van der Waals surface area contributed by atoms with Crippen LogP contribution in [0.4, 0.5) is 0 Å². The van der Waals surface area contributed by atoms with Crippen molar-refractivity contribution in [1.29, 1.82) is 0 Å². The molecule has 1 unspecified atom stereocenters. The van der Waals surface area contributed by atoms with Crippen molar-refractivity contribution in [3.05, 3.63) is 23.8 Å². The van der Waals surface area contributed by atoms with Crippen LogP contribution in [0.15, 0.2) is 12.4 Å². The number of nitrogens with zero attached hydrogens (tertiary/aromatic N) is 4. The molecule has 0 N–H and O–H groups in total. The molecule has 6 heteroatoms. The molecule has 0 aromatic carbocycles. The molecular formula is C18H28N4O2. The molecule has 24 heavy (non-hydrogen) atoms. The maximum Gasteiger partial charge on any atom is 0.219 e. The smallest absolute Gasteiger partial charge is 0.219 e. The van der Waals surface area contributed by atoms with Crippen LogP contribution >= 0.6 is 0 Å². The minimum absolute atomic E-state index is 0.0303. The van der Waals surface area contributed by atoms with Crippen molar-refractivity contribution in [3.63, 3.8) is 0 Å². The van der Waals surface area contributed by atoms with Crippen LogP contribution in [0.25, 0.3) is 0 Å². The number of aryl methyl sites for hydroxylation is 1. The average Bonchev–Trinajstić information content (AvgIpc) is 2.76. The lowest BCUT2D eigenvalue weighted by Crippen LogP contribution is -2.54. The van der Waals surface area contributed by atoms with Crippen LogP contribution in [0.1, 0.15) is 50.5 Å². The number of carbonyl (C=O) groups excluding carboxylic acids is 1. The predicted octanol–water partition coefficient (Wildman–Crippen LogP) is 1.95. The van der Waals surface area contributed by atoms with Crippen LogP contribution in [-0.4, -0.2) is 64.1 Å². The number of amides is 1. The van der Waals surface area contributed by atoms with E-state index in [1.165, 1.54) is 0 Å². The fourth-order valence-corrected chi connectivity index (χ4v) is 4.02. The Kier molecular flexibility index (Phi) is 5.15. The maximum atomic E-state index is 12.3. The fraction of sp³-hybridized carbons (Fsp3) is 0.722. The minimum atomic E-state index is -0.0303. The second-order valence-electron chi connectivity index (χ2n) is 7.05. The Morgan fingerprint density at radius 1 is 1.17 bits per heavy atom. The summed E-state index contributed by atoms with van der Waals surface area (Å²) in [7, 11) is 0. The number of carbonyl (C=O) groups is 1. The van der Waals surface area contributed by atoms with Crippen molar-refractivity contribution < 1.29 is 9.53 Å². The van der Waals surface area contributed by atoms with Gasteiger partial charge < -0.3 is 9.64 Å². The molecule has 0 radical (unpaired) electrons. The summed E-state index contributed by atoms with van der Waals surface area (Å²) in [5, 5.41) is 0. The van der Waals surface area contributed by atoms with Crippen LogP contribution in [0.3, 0.4) is 0 Å². The Balaban J connectivity index is 1.76. The molecule has 2 saturated heterocycles. The lowest BCUT2D eigenvalue weighted by atomic mass is 9.84. The number of hydrogen-bond donors (Lipinski definition) is 0. The highest BCUT2D eigenvalue weighted by Crippen LogP contribution is 2.35. The highest BCUT2D eigenvalue weighted by molar-refractivity contribution is 5.74. The molecule has 3 heterocycles. The highest BCUT2D eigenvalue weighted by atomic mass is 16.5. The van der Waals surface area contributed by atoms with Crippen molar-refractivity contribution in [1.82, 2.24) is 19.8 Å². The quantitative estimate of drug-likeness (QED) is 0.828. The monoisotopic (exact) mass is 332 g/mol. The lowest BCUT2D eigenvalue weighted by molar-refractivity contribution is -0.139. The van der Waals surface area contributed by atoms with Gasteiger partial charge in [-0.1, -0.05) is 0 Å². The Hall–Kier alpha value is -1.53. The molecule has 1 amide bonds. The largest absolute Gasteiger partial charge is 0.381 e. The topological polar surface area (TPSA) is 58.6 Å². The zero-order valence-electron chi connectivity index (χ0n) is 15.0. The van der Waals surface area contributed by atoms with Gasteiger partial charge in [-0.15, -0.1) is 0 Å². The summed E-state index contributed by atoms with van der Waals surface area (Å²) in [5.41, 5.74) is 1.90. The van der Waals surface area contributed by atoms with E-state index in [4.69, 9.17) is 4.74 Å². The zero-order valence-corrected chi connectivity index (χ0v) is 15.0. The van der Waals surface area contributed by atoms with Crippen molar-refractivity contribution in [2.24, 2.45) is 0 Å². The molecule has 0 bridgehead atoms. The summed E-state index contributed by atoms with van der Waals surface area (Å²) in [6.07, 6.45) is 6.58. The van der Waals surface area contributed by atoms with Crippen molar-refractivity contribution in [2.75, 3.05) is 32.8 Å². The normalized spacial score (nSPS) is 23.0. The number of ether oxygens (including phenoxy) is 1. The van der Waals surface area contributed by atoms with Gasteiger partial charge in [-0.05, 0) is 33.1 Å². The second-order valence-corrected chi connectivity index (χ2v) is 7.05. The number of aromatic nitrogens is 2. The van der Waals surface area contributed by atoms with Gasteiger partial charge in [-0.3, -0.25) is 19.7 Å². The van der Waals surface area contributed by atoms with E-state index in [-0.39, 0.29) is 17.5 Å². The van der Waals surface area contributed by atoms with E-state index in [0.29, 0.717) is 0 Å². The third-order valence-electron chi connectivity index (χ3n) is 5.63. The van der Waals surface area contributed by atoms with E-state index in [9.17, 15) is 4.79 Å². The molecule has 1 aromatic rings. The van der Waals surface area contributed by atoms with Crippen molar-refractivity contribution >= 4 is 5.91 Å². The molecule has 1 atom stereocenters. The first-order valence-electron chi connectivity index (χ1n) is 8.90. The van der Waals surface area contributed by atoms with Gasteiger partial charge in [0.25, 0.3) is 0 Å². The van der Waals surface area contributed by atoms with E-state index in [2.05, 4.69) is 26.7 Å². The molecule has 2 aliphatic rings. The van der Waals surface area contributed by atoms with Crippen molar-refractivity contribution in [2.45, 2.75) is 51.6 Å². The van der Waals surface area contributed by atoms with Gasteiger partial charge in [-0.25, -0.2) is 0 Å². The summed E-state index contributed by atoms with van der Waals surface area (Å²) in [6.45, 7) is 9.96. The van der Waals surface area contributed by atoms with Gasteiger partial charge in [0, 0.05) is 51.5 Å². The molecule has 132 valence electrons. The summed E-state index contributed by atoms with van der Waals surface area (Å²) >= 11 is 0. The van der Waals surface area contributed by atoms with Gasteiger partial charge in [0.1, 0.15) is 0 Å². The Labute approximate surface area is 144 Å². The fourth-order valence-electron chi connectivity index (χ4n) is 4.02. The van der Waals surface area contributed by atoms with Gasteiger partial charge in [0.05, 0.1) is 23.6 Å². The molecule has 0 saturated carbocycles. The average molecular weight is 332 g/mol. The van der Waals surface area contributed by atoms with Gasteiger partial charge >= 0.3 is 0 Å². The highest BCUT2D eigenvalue weighted by Gasteiger charge is 2.42. The molecule has 3 rings (SSSR count). The van der Waals surface area contributed by atoms with Crippen LogP contribution in [-0.2, 0) is 9.53 Å². The molecule has 1 spiro atoms. The van der Waals surface area contributed by atoms with E-state index in [1.54, 1.807) is 6.92 Å². The second kappa shape index (κ2) is 7.15. The maximum absolute atomic E-state index is 12.3. The number of hydrogen-bond acceptors (Lipinski definition) is 5. The third-order valence-corrected chi connectivity index (χ3v) is 5.63. The van der Waals surface area contributed by atoms with Gasteiger partial charge in [-0.2, -0.15) is 0 Å². The summed E-state index contributed by atoms with van der Waals surface area (Å²) in [5.74, 6) is 0.182. The summed E-state index contributed by atoms with van der Waals surface area (Å²) in [6, 6.07) is 0.210. The minimum Gasteiger partial charge on any atom is -0.381 e. The van der Waals surface area contributed by atoms with E-state index in [1.807, 2.05) is 19.3 Å². The van der Waals surface area contributed by atoms with E-state index >= 15 is 0 Å². The molecule has 2 fully saturated rings. The van der Waals surface area contributed by atoms with Crippen LogP contribution < -0.4 is 0 Å². The Morgan fingerprint density at radius 3 is 2.54 bits per heavy atom. The molecule has 6 nitrogen and oxygen atoms in total. The molecular weight excluding hydrogens is 304 g/mol. The van der Waals surface area contributed by atoms with Crippen LogP contribution in [0.5, 0.6) is 0 Å². The molecule has 1 aromatic heterocycles. The Morgan fingerprint density at radius 2 is 1.92 bits per heavy atom. The summed E-state index contributed by atoms with van der Waals surface area (Å²) in [4.78, 5) is 25.7. The Bertz CT molecular complexity index is 569. The predicted molar refractivity (Wildman–Crippen MR) is 91.5 cm³/mol. The lowest BCUT2D eigenvalue weighted by Gasteiger charge is -2.45. The zero-order chi connectivity index (χ0) is 17.2. The van der Waals surface area contributed by atoms with Gasteiger partial charge in [0.15, 0.2) is 0 Å². The van der Waals surface area contributed by atoms with E-state index < -0.39 is 0 Å². The molecule has 2 aliphatic heterocycles. The summed E-state index contributed by atoms with van der Waals surface area (Å²) < 4.78 is 5.55. The van der Waals surface area contributed by atoms with Crippen LogP contribution in [0.2, 0.25) is 0 Å². The van der Waals surface area contributed by atoms with E-state index in [0.717, 1.165) is 63.5 Å². The van der Waals surface area contributed by atoms with Crippen LogP contribution in [0, 0.1) is 6.92 Å². The first-order chi connectivity index (χ1) is 11.5. The first-order valence-corrected chi connectivity index (χ1v) is 8.90. The first kappa shape index (κ1) is 17.3. The SMILES string of the molecule is CC(=O)N1CCN(C(C)c2cnc(C)cn2)CCC12CCOCC2. The number of rotatable bonds is 2. The van der Waals surface area contributed by atoms with Crippen molar-refractivity contribution in [3.8, 4) is 0 Å². The third kappa shape index (κ3) is 3.44. The molecule has 0 aliphatic carbocycles.